The number of benzene rings is 2. The van der Waals surface area contributed by atoms with E-state index in [4.69, 9.17) is 27.7 Å². The van der Waals surface area contributed by atoms with Crippen molar-refractivity contribution >= 4 is 34.8 Å². The molecule has 2 N–H and O–H groups in total. The van der Waals surface area contributed by atoms with Gasteiger partial charge in [0.2, 0.25) is 0 Å². The number of halogens is 2. The summed E-state index contributed by atoms with van der Waals surface area (Å²) in [5, 5.41) is 11.2. The van der Waals surface area contributed by atoms with Crippen LogP contribution in [0.4, 0.5) is 5.69 Å². The monoisotopic (exact) mass is 417 g/mol. The van der Waals surface area contributed by atoms with Gasteiger partial charge < -0.3 is 15.2 Å². The van der Waals surface area contributed by atoms with Crippen LogP contribution in [0.15, 0.2) is 53.1 Å². The molecule has 1 amide bonds. The minimum Gasteiger partial charge on any atom is -0.361 e. The average molecular weight is 418 g/mol. The first kappa shape index (κ1) is 20.4. The van der Waals surface area contributed by atoms with Crippen molar-refractivity contribution in [1.29, 1.82) is 0 Å². The highest BCUT2D eigenvalue weighted by Gasteiger charge is 2.13. The van der Waals surface area contributed by atoms with E-state index >= 15 is 0 Å². The maximum absolute atomic E-state index is 12.2. The van der Waals surface area contributed by atoms with Crippen molar-refractivity contribution in [2.24, 2.45) is 0 Å². The zero-order valence-electron chi connectivity index (χ0n) is 15.5. The van der Waals surface area contributed by atoms with E-state index in [2.05, 4.69) is 21.9 Å². The molecule has 3 aromatic rings. The molecule has 1 heterocycles. The van der Waals surface area contributed by atoms with E-state index in [1.54, 1.807) is 19.1 Å². The normalized spacial score (nSPS) is 10.8. The minimum atomic E-state index is -0.351. The maximum Gasteiger partial charge on any atom is 0.277 e. The standard InChI is InChI=1S/C21H21Cl2N3O2/c1-14-11-20(26-28-14)21(27)25-19-13-16(5-6-18(19)23)8-10-24-9-7-15-3-2-4-17(22)12-15/h2-6,11-13,24H,7-10H2,1H3,(H,25,27). The van der Waals surface area contributed by atoms with Crippen LogP contribution in [0.1, 0.15) is 27.4 Å². The molecule has 28 heavy (non-hydrogen) atoms. The first-order valence-electron chi connectivity index (χ1n) is 8.99. The van der Waals surface area contributed by atoms with Crippen LogP contribution in [0, 0.1) is 6.92 Å². The van der Waals surface area contributed by atoms with Gasteiger partial charge >= 0.3 is 0 Å². The Morgan fingerprint density at radius 1 is 1.04 bits per heavy atom. The summed E-state index contributed by atoms with van der Waals surface area (Å²) < 4.78 is 4.93. The fourth-order valence-electron chi connectivity index (χ4n) is 2.77. The van der Waals surface area contributed by atoms with Gasteiger partial charge in [0.05, 0.1) is 10.7 Å². The van der Waals surface area contributed by atoms with E-state index in [0.29, 0.717) is 16.5 Å². The molecule has 3 rings (SSSR count). The lowest BCUT2D eigenvalue weighted by Gasteiger charge is -2.09. The number of aryl methyl sites for hydroxylation is 1. The number of aromatic nitrogens is 1. The Kier molecular flexibility index (Phi) is 7.09. The van der Waals surface area contributed by atoms with Crippen LogP contribution in [-0.4, -0.2) is 24.2 Å². The number of anilines is 1. The fourth-order valence-corrected chi connectivity index (χ4v) is 3.14. The molecular formula is C21H21Cl2N3O2. The Morgan fingerprint density at radius 2 is 1.79 bits per heavy atom. The summed E-state index contributed by atoms with van der Waals surface area (Å²) in [6, 6.07) is 15.1. The smallest absolute Gasteiger partial charge is 0.277 e. The SMILES string of the molecule is Cc1cc(C(=O)Nc2cc(CCNCCc3cccc(Cl)c3)ccc2Cl)no1. The number of hydrogen-bond donors (Lipinski definition) is 2. The maximum atomic E-state index is 12.2. The Morgan fingerprint density at radius 3 is 2.46 bits per heavy atom. The molecule has 1 aromatic heterocycles. The highest BCUT2D eigenvalue weighted by atomic mass is 35.5. The third-order valence-corrected chi connectivity index (χ3v) is 4.77. The van der Waals surface area contributed by atoms with E-state index in [1.165, 1.54) is 5.56 Å². The Hall–Kier alpha value is -2.34. The van der Waals surface area contributed by atoms with Crippen molar-refractivity contribution in [3.05, 3.63) is 81.2 Å². The second kappa shape index (κ2) is 9.73. The molecule has 0 aliphatic carbocycles. The molecular weight excluding hydrogens is 397 g/mol. The summed E-state index contributed by atoms with van der Waals surface area (Å²) in [5.74, 6) is 0.226. The van der Waals surface area contributed by atoms with Crippen molar-refractivity contribution in [3.8, 4) is 0 Å². The molecule has 0 bridgehead atoms. The molecule has 0 aliphatic rings. The molecule has 0 atom stereocenters. The third-order valence-electron chi connectivity index (χ3n) is 4.21. The summed E-state index contributed by atoms with van der Waals surface area (Å²) in [6.45, 7) is 3.41. The minimum absolute atomic E-state index is 0.224. The first-order valence-corrected chi connectivity index (χ1v) is 9.75. The van der Waals surface area contributed by atoms with Crippen LogP contribution < -0.4 is 10.6 Å². The second-order valence-corrected chi connectivity index (χ2v) is 7.31. The number of nitrogens with one attached hydrogen (secondary N) is 2. The molecule has 5 nitrogen and oxygen atoms in total. The van der Waals surface area contributed by atoms with Gasteiger partial charge in [-0.25, -0.2) is 0 Å². The molecule has 0 fully saturated rings. The number of nitrogens with zero attached hydrogens (tertiary/aromatic N) is 1. The van der Waals surface area contributed by atoms with Crippen LogP contribution in [0.2, 0.25) is 10.0 Å². The van der Waals surface area contributed by atoms with E-state index in [0.717, 1.165) is 36.5 Å². The lowest BCUT2D eigenvalue weighted by molar-refractivity contribution is 0.101. The number of carbonyl (C=O) groups excluding carboxylic acids is 1. The first-order chi connectivity index (χ1) is 13.5. The lowest BCUT2D eigenvalue weighted by atomic mass is 10.1. The number of carbonyl (C=O) groups is 1. The Balaban J connectivity index is 1.49. The topological polar surface area (TPSA) is 67.2 Å². The number of hydrogen-bond acceptors (Lipinski definition) is 4. The van der Waals surface area contributed by atoms with Crippen molar-refractivity contribution < 1.29 is 9.32 Å². The zero-order valence-corrected chi connectivity index (χ0v) is 17.0. The highest BCUT2D eigenvalue weighted by Crippen LogP contribution is 2.24. The molecule has 2 aromatic carbocycles. The fraction of sp³-hybridized carbons (Fsp3) is 0.238. The van der Waals surface area contributed by atoms with Crippen molar-refractivity contribution in [2.75, 3.05) is 18.4 Å². The largest absolute Gasteiger partial charge is 0.361 e. The Labute approximate surface area is 174 Å². The van der Waals surface area contributed by atoms with Gasteiger partial charge in [-0.1, -0.05) is 46.6 Å². The van der Waals surface area contributed by atoms with Crippen LogP contribution >= 0.6 is 23.2 Å². The van der Waals surface area contributed by atoms with Gasteiger partial charge in [-0.2, -0.15) is 0 Å². The number of amides is 1. The average Bonchev–Trinajstić information content (AvgIpc) is 3.10. The summed E-state index contributed by atoms with van der Waals surface area (Å²) in [5.41, 5.74) is 3.07. The van der Waals surface area contributed by atoms with Gasteiger partial charge in [-0.05, 0) is 68.2 Å². The molecule has 0 unspecified atom stereocenters. The van der Waals surface area contributed by atoms with Gasteiger partial charge in [0.1, 0.15) is 5.76 Å². The summed E-state index contributed by atoms with van der Waals surface area (Å²) >= 11 is 12.2. The summed E-state index contributed by atoms with van der Waals surface area (Å²) in [7, 11) is 0. The molecule has 146 valence electrons. The van der Waals surface area contributed by atoms with E-state index < -0.39 is 0 Å². The van der Waals surface area contributed by atoms with Crippen molar-refractivity contribution in [1.82, 2.24) is 10.5 Å². The summed E-state index contributed by atoms with van der Waals surface area (Å²) in [4.78, 5) is 12.2. The lowest BCUT2D eigenvalue weighted by Crippen LogP contribution is -2.20. The molecule has 0 saturated heterocycles. The van der Waals surface area contributed by atoms with Crippen LogP contribution in [0.5, 0.6) is 0 Å². The van der Waals surface area contributed by atoms with Gasteiger partial charge in [0.25, 0.3) is 5.91 Å². The van der Waals surface area contributed by atoms with Gasteiger partial charge in [0.15, 0.2) is 5.69 Å². The van der Waals surface area contributed by atoms with Crippen molar-refractivity contribution in [3.63, 3.8) is 0 Å². The predicted molar refractivity (Wildman–Crippen MR) is 112 cm³/mol. The third kappa shape index (κ3) is 5.83. The molecule has 0 aliphatic heterocycles. The molecule has 0 saturated carbocycles. The zero-order chi connectivity index (χ0) is 19.9. The summed E-state index contributed by atoms with van der Waals surface area (Å²) in [6.07, 6.45) is 1.73. The molecule has 7 heteroatoms. The highest BCUT2D eigenvalue weighted by molar-refractivity contribution is 6.34. The van der Waals surface area contributed by atoms with Crippen LogP contribution in [0.3, 0.4) is 0 Å². The van der Waals surface area contributed by atoms with Crippen LogP contribution in [-0.2, 0) is 12.8 Å². The molecule has 0 radical (unpaired) electrons. The quantitative estimate of drug-likeness (QED) is 0.510. The van der Waals surface area contributed by atoms with Gasteiger partial charge in [0, 0.05) is 11.1 Å². The predicted octanol–water partition coefficient (Wildman–Crippen LogP) is 4.92. The van der Waals surface area contributed by atoms with Gasteiger partial charge in [-0.3, -0.25) is 4.79 Å². The van der Waals surface area contributed by atoms with E-state index in [-0.39, 0.29) is 11.6 Å². The van der Waals surface area contributed by atoms with Crippen LogP contribution in [0.25, 0.3) is 0 Å². The second-order valence-electron chi connectivity index (χ2n) is 6.47. The molecule has 0 spiro atoms. The van der Waals surface area contributed by atoms with Gasteiger partial charge in [-0.15, -0.1) is 0 Å². The number of rotatable bonds is 8. The van der Waals surface area contributed by atoms with Crippen molar-refractivity contribution in [2.45, 2.75) is 19.8 Å². The Bertz CT molecular complexity index is 956. The van der Waals surface area contributed by atoms with E-state index in [1.807, 2.05) is 30.3 Å². The van der Waals surface area contributed by atoms with E-state index in [9.17, 15) is 4.79 Å².